The molecular weight excluding hydrogens is 439 g/mol. The number of carbonyl (C=O) groups excluding carboxylic acids is 1. The first-order valence-electron chi connectivity index (χ1n) is 11.6. The van der Waals surface area contributed by atoms with Gasteiger partial charge in [-0.15, -0.1) is 10.1 Å². The van der Waals surface area contributed by atoms with E-state index in [4.69, 9.17) is 4.98 Å². The second-order valence-corrected chi connectivity index (χ2v) is 9.05. The average Bonchev–Trinajstić information content (AvgIpc) is 3.57. The van der Waals surface area contributed by atoms with Crippen LogP contribution in [0.2, 0.25) is 0 Å². The molecule has 1 amide bonds. The molecular formula is C23H28FN8O2+. The van der Waals surface area contributed by atoms with Crippen molar-refractivity contribution in [2.75, 3.05) is 22.1 Å². The van der Waals surface area contributed by atoms with Crippen LogP contribution in [0.4, 0.5) is 27.7 Å². The van der Waals surface area contributed by atoms with Crippen molar-refractivity contribution >= 4 is 29.2 Å². The van der Waals surface area contributed by atoms with E-state index in [2.05, 4.69) is 39.7 Å². The molecule has 3 aromatic rings. The maximum absolute atomic E-state index is 13.1. The number of rotatable bonds is 6. The lowest BCUT2D eigenvalue weighted by molar-refractivity contribution is -0.885. The number of carbonyl (C=O) groups is 1. The zero-order valence-electron chi connectivity index (χ0n) is 19.2. The molecule has 0 saturated carbocycles. The number of aromatic nitrogens is 5. The summed E-state index contributed by atoms with van der Waals surface area (Å²) in [6.45, 7) is 4.73. The SMILES string of the molecule is CC(C)c1cc(Nc2c3c(nc(N4CCCC4C(=O)Nc4ccc(F)nc4)[n+]2O)CCC3)n[nH]1. The minimum absolute atomic E-state index is 0.253. The van der Waals surface area contributed by atoms with Crippen molar-refractivity contribution in [3.05, 3.63) is 47.3 Å². The Balaban J connectivity index is 1.45. The summed E-state index contributed by atoms with van der Waals surface area (Å²) in [7, 11) is 0. The predicted octanol–water partition coefficient (Wildman–Crippen LogP) is 2.83. The van der Waals surface area contributed by atoms with Crippen LogP contribution < -0.4 is 20.3 Å². The molecule has 1 aliphatic carbocycles. The number of anilines is 4. The zero-order chi connectivity index (χ0) is 23.8. The van der Waals surface area contributed by atoms with Crippen molar-refractivity contribution in [1.82, 2.24) is 20.2 Å². The minimum Gasteiger partial charge on any atom is -0.382 e. The van der Waals surface area contributed by atoms with E-state index in [1.54, 1.807) is 0 Å². The maximum atomic E-state index is 13.1. The third kappa shape index (κ3) is 4.13. The van der Waals surface area contributed by atoms with E-state index in [0.29, 0.717) is 42.2 Å². The Labute approximate surface area is 196 Å². The summed E-state index contributed by atoms with van der Waals surface area (Å²) in [4.78, 5) is 23.2. The molecule has 5 rings (SSSR count). The van der Waals surface area contributed by atoms with Gasteiger partial charge in [0.25, 0.3) is 5.91 Å². The van der Waals surface area contributed by atoms with Gasteiger partial charge in [-0.05, 0) is 48.5 Å². The topological polar surface area (TPSA) is 123 Å². The first kappa shape index (κ1) is 22.1. The van der Waals surface area contributed by atoms with Gasteiger partial charge in [0.1, 0.15) is 11.7 Å². The predicted molar refractivity (Wildman–Crippen MR) is 123 cm³/mol. The van der Waals surface area contributed by atoms with Crippen LogP contribution >= 0.6 is 0 Å². The van der Waals surface area contributed by atoms with Gasteiger partial charge < -0.3 is 10.5 Å². The molecule has 1 unspecified atom stereocenters. The highest BCUT2D eigenvalue weighted by Crippen LogP contribution is 2.31. The van der Waals surface area contributed by atoms with E-state index in [1.807, 2.05) is 11.0 Å². The van der Waals surface area contributed by atoms with Crippen molar-refractivity contribution in [2.45, 2.75) is 57.9 Å². The van der Waals surface area contributed by atoms with Crippen molar-refractivity contribution in [3.63, 3.8) is 0 Å². The summed E-state index contributed by atoms with van der Waals surface area (Å²) in [5.74, 6) is 0.879. The molecule has 1 saturated heterocycles. The molecule has 3 aromatic heterocycles. The Bertz CT molecular complexity index is 1210. The number of H-pyrrole nitrogens is 1. The van der Waals surface area contributed by atoms with Crippen LogP contribution in [0.5, 0.6) is 0 Å². The van der Waals surface area contributed by atoms with Crippen molar-refractivity contribution < 1.29 is 19.1 Å². The van der Waals surface area contributed by atoms with Crippen LogP contribution in [-0.4, -0.2) is 43.9 Å². The molecule has 11 heteroatoms. The van der Waals surface area contributed by atoms with E-state index in [9.17, 15) is 14.4 Å². The summed E-state index contributed by atoms with van der Waals surface area (Å²) in [6.07, 6.45) is 5.22. The molecule has 1 fully saturated rings. The molecule has 0 spiro atoms. The van der Waals surface area contributed by atoms with Gasteiger partial charge in [-0.2, -0.15) is 4.39 Å². The van der Waals surface area contributed by atoms with Gasteiger partial charge in [-0.25, -0.2) is 4.98 Å². The van der Waals surface area contributed by atoms with Crippen LogP contribution in [0.25, 0.3) is 0 Å². The maximum Gasteiger partial charge on any atom is 0.387 e. The van der Waals surface area contributed by atoms with Gasteiger partial charge in [-0.3, -0.25) is 20.1 Å². The Morgan fingerprint density at radius 2 is 2.18 bits per heavy atom. The molecule has 0 aromatic carbocycles. The van der Waals surface area contributed by atoms with Crippen LogP contribution in [0.15, 0.2) is 24.4 Å². The van der Waals surface area contributed by atoms with Gasteiger partial charge in [0.15, 0.2) is 5.82 Å². The Hall–Kier alpha value is -3.76. The zero-order valence-corrected chi connectivity index (χ0v) is 19.2. The van der Waals surface area contributed by atoms with Crippen molar-refractivity contribution in [1.29, 1.82) is 0 Å². The van der Waals surface area contributed by atoms with E-state index in [-0.39, 0.29) is 5.91 Å². The van der Waals surface area contributed by atoms with Gasteiger partial charge >= 0.3 is 5.95 Å². The molecule has 1 atom stereocenters. The Morgan fingerprint density at radius 1 is 1.32 bits per heavy atom. The van der Waals surface area contributed by atoms with Crippen molar-refractivity contribution in [2.24, 2.45) is 0 Å². The van der Waals surface area contributed by atoms with Crippen LogP contribution in [0.1, 0.15) is 56.0 Å². The summed E-state index contributed by atoms with van der Waals surface area (Å²) >= 11 is 0. The van der Waals surface area contributed by atoms with E-state index < -0.39 is 12.0 Å². The molecule has 34 heavy (non-hydrogen) atoms. The first-order valence-corrected chi connectivity index (χ1v) is 11.6. The number of halogens is 1. The van der Waals surface area contributed by atoms with E-state index in [0.717, 1.165) is 47.4 Å². The molecule has 10 nitrogen and oxygen atoms in total. The molecule has 178 valence electrons. The summed E-state index contributed by atoms with van der Waals surface area (Å²) in [5.41, 5.74) is 3.28. The average molecular weight is 468 g/mol. The number of hydrogen-bond acceptors (Lipinski definition) is 7. The van der Waals surface area contributed by atoms with Gasteiger partial charge in [0.05, 0.1) is 24.0 Å². The third-order valence-electron chi connectivity index (χ3n) is 6.38. The second kappa shape index (κ2) is 8.88. The number of aryl methyl sites for hydroxylation is 1. The molecule has 4 heterocycles. The van der Waals surface area contributed by atoms with E-state index >= 15 is 0 Å². The molecule has 2 aliphatic rings. The summed E-state index contributed by atoms with van der Waals surface area (Å²) in [5, 5.41) is 24.6. The highest BCUT2D eigenvalue weighted by atomic mass is 19.1. The van der Waals surface area contributed by atoms with E-state index in [1.165, 1.54) is 18.3 Å². The lowest BCUT2D eigenvalue weighted by Crippen LogP contribution is -2.49. The molecule has 4 N–H and O–H groups in total. The standard InChI is InChI=1S/C23H27FN8O2/c1-13(2)17-11-20(30-29-17)28-21-15-5-3-6-16(15)27-23(32(21)34)31-10-4-7-18(31)22(33)26-14-8-9-19(24)25-12-14/h8-9,11-13,18,34H,3-7,10H2,1-2H3,(H2,26,29,30,33)/p+1. The number of hydrogen-bond donors (Lipinski definition) is 4. The van der Waals surface area contributed by atoms with Crippen LogP contribution in [0, 0.1) is 5.95 Å². The largest absolute Gasteiger partial charge is 0.387 e. The smallest absolute Gasteiger partial charge is 0.382 e. The second-order valence-electron chi connectivity index (χ2n) is 9.05. The van der Waals surface area contributed by atoms with Crippen LogP contribution in [-0.2, 0) is 17.6 Å². The fourth-order valence-corrected chi connectivity index (χ4v) is 4.59. The number of nitrogens with zero attached hydrogens (tertiary/aromatic N) is 5. The quantitative estimate of drug-likeness (QED) is 0.250. The minimum atomic E-state index is -0.610. The number of pyridine rings is 1. The lowest BCUT2D eigenvalue weighted by atomic mass is 10.1. The molecule has 1 aliphatic heterocycles. The fourth-order valence-electron chi connectivity index (χ4n) is 4.59. The van der Waals surface area contributed by atoms with Gasteiger partial charge in [-0.1, -0.05) is 13.8 Å². The highest BCUT2D eigenvalue weighted by Gasteiger charge is 2.40. The normalized spacial score (nSPS) is 17.3. The highest BCUT2D eigenvalue weighted by molar-refractivity contribution is 5.96. The fraction of sp³-hybridized carbons (Fsp3) is 0.435. The van der Waals surface area contributed by atoms with Crippen LogP contribution in [0.3, 0.4) is 0 Å². The van der Waals surface area contributed by atoms with Gasteiger partial charge in [0.2, 0.25) is 11.8 Å². The Morgan fingerprint density at radius 3 is 2.91 bits per heavy atom. The van der Waals surface area contributed by atoms with Crippen molar-refractivity contribution in [3.8, 4) is 0 Å². The molecule has 0 bridgehead atoms. The number of nitrogens with one attached hydrogen (secondary N) is 3. The van der Waals surface area contributed by atoms with Gasteiger partial charge in [0, 0.05) is 18.2 Å². The monoisotopic (exact) mass is 467 g/mol. The summed E-state index contributed by atoms with van der Waals surface area (Å²) in [6, 6.07) is 4.07. The Kier molecular flexibility index (Phi) is 5.76. The molecule has 0 radical (unpaired) electrons. The number of aromatic amines is 1. The summed E-state index contributed by atoms with van der Waals surface area (Å²) < 4.78 is 14.2. The third-order valence-corrected chi connectivity index (χ3v) is 6.38. The first-order chi connectivity index (χ1) is 16.4. The number of amides is 1. The lowest BCUT2D eigenvalue weighted by Gasteiger charge is -2.22. The number of fused-ring (bicyclic) bond motifs is 1.